The molecule has 0 radical (unpaired) electrons. The van der Waals surface area contributed by atoms with Crippen molar-refractivity contribution in [2.24, 2.45) is 0 Å². The molecule has 0 aliphatic carbocycles. The first-order valence-electron chi connectivity index (χ1n) is 6.71. The lowest BCUT2D eigenvalue weighted by Crippen LogP contribution is -2.28. The van der Waals surface area contributed by atoms with Crippen LogP contribution in [0.2, 0.25) is 0 Å². The largest absolute Gasteiger partial charge is 0.398 e. The zero-order chi connectivity index (χ0) is 15.5. The second-order valence-corrected chi connectivity index (χ2v) is 7.27. The third-order valence-electron chi connectivity index (χ3n) is 3.39. The van der Waals surface area contributed by atoms with Crippen LogP contribution in [0.1, 0.15) is 16.7 Å². The van der Waals surface area contributed by atoms with Gasteiger partial charge in [-0.25, -0.2) is 12.7 Å². The minimum Gasteiger partial charge on any atom is -0.398 e. The van der Waals surface area contributed by atoms with Gasteiger partial charge in [0.2, 0.25) is 10.0 Å². The summed E-state index contributed by atoms with van der Waals surface area (Å²) in [4.78, 5) is 0. The summed E-state index contributed by atoms with van der Waals surface area (Å²) in [6.07, 6.45) is 0. The fourth-order valence-corrected chi connectivity index (χ4v) is 3.24. The highest BCUT2D eigenvalue weighted by atomic mass is 32.2. The summed E-state index contributed by atoms with van der Waals surface area (Å²) in [6.45, 7) is 2.36. The Bertz CT molecular complexity index is 709. The molecule has 0 bridgehead atoms. The summed E-state index contributed by atoms with van der Waals surface area (Å²) in [5.74, 6) is -0.0813. The van der Waals surface area contributed by atoms with Crippen molar-refractivity contribution in [2.45, 2.75) is 19.2 Å². The van der Waals surface area contributed by atoms with Gasteiger partial charge in [0, 0.05) is 19.3 Å². The standard InChI is InChI=1S/C16H20N2O2S/c1-13-7-9-14(10-8-13)11-18(2)21(19,20)12-15-5-3-4-6-16(15)17/h3-10H,11-12,17H2,1-2H3. The van der Waals surface area contributed by atoms with Gasteiger partial charge in [0.25, 0.3) is 0 Å². The number of hydrogen-bond donors (Lipinski definition) is 1. The molecule has 0 saturated carbocycles. The molecule has 0 aliphatic heterocycles. The Labute approximate surface area is 126 Å². The smallest absolute Gasteiger partial charge is 0.218 e. The van der Waals surface area contributed by atoms with Gasteiger partial charge in [-0.2, -0.15) is 0 Å². The van der Waals surface area contributed by atoms with Crippen LogP contribution in [0.3, 0.4) is 0 Å². The second kappa shape index (κ2) is 6.28. The van der Waals surface area contributed by atoms with Gasteiger partial charge in [0.1, 0.15) is 0 Å². The van der Waals surface area contributed by atoms with Crippen molar-refractivity contribution in [1.82, 2.24) is 4.31 Å². The average molecular weight is 304 g/mol. The van der Waals surface area contributed by atoms with Gasteiger partial charge >= 0.3 is 0 Å². The van der Waals surface area contributed by atoms with Crippen LogP contribution >= 0.6 is 0 Å². The van der Waals surface area contributed by atoms with E-state index in [0.29, 0.717) is 17.8 Å². The van der Waals surface area contributed by atoms with E-state index in [-0.39, 0.29) is 5.75 Å². The van der Waals surface area contributed by atoms with Crippen LogP contribution < -0.4 is 5.73 Å². The first kappa shape index (κ1) is 15.5. The molecule has 2 aromatic rings. The SMILES string of the molecule is Cc1ccc(CN(C)S(=O)(=O)Cc2ccccc2N)cc1. The van der Waals surface area contributed by atoms with Crippen LogP contribution in [0.15, 0.2) is 48.5 Å². The number of para-hydroxylation sites is 1. The van der Waals surface area contributed by atoms with E-state index >= 15 is 0 Å². The molecule has 112 valence electrons. The van der Waals surface area contributed by atoms with E-state index < -0.39 is 10.0 Å². The summed E-state index contributed by atoms with van der Waals surface area (Å²) < 4.78 is 26.2. The van der Waals surface area contributed by atoms with Crippen molar-refractivity contribution in [1.29, 1.82) is 0 Å². The monoisotopic (exact) mass is 304 g/mol. The Balaban J connectivity index is 2.12. The third-order valence-corrected chi connectivity index (χ3v) is 5.15. The number of rotatable bonds is 5. The highest BCUT2D eigenvalue weighted by molar-refractivity contribution is 7.88. The molecule has 0 fully saturated rings. The van der Waals surface area contributed by atoms with Crippen LogP contribution in [0.5, 0.6) is 0 Å². The molecular weight excluding hydrogens is 284 g/mol. The van der Waals surface area contributed by atoms with Gasteiger partial charge in [-0.3, -0.25) is 0 Å². The molecule has 2 rings (SSSR count). The predicted octanol–water partition coefficient (Wildman–Crippen LogP) is 2.54. The molecule has 0 spiro atoms. The molecule has 0 heterocycles. The van der Waals surface area contributed by atoms with E-state index in [1.165, 1.54) is 4.31 Å². The Morgan fingerprint density at radius 3 is 2.29 bits per heavy atom. The second-order valence-electron chi connectivity index (χ2n) is 5.20. The first-order valence-corrected chi connectivity index (χ1v) is 8.32. The highest BCUT2D eigenvalue weighted by Gasteiger charge is 2.19. The number of sulfonamides is 1. The topological polar surface area (TPSA) is 63.4 Å². The van der Waals surface area contributed by atoms with Crippen molar-refractivity contribution in [3.63, 3.8) is 0 Å². The average Bonchev–Trinajstić information content (AvgIpc) is 2.43. The molecule has 2 N–H and O–H groups in total. The normalized spacial score (nSPS) is 11.8. The van der Waals surface area contributed by atoms with Crippen LogP contribution in [0, 0.1) is 6.92 Å². The molecule has 0 unspecified atom stereocenters. The zero-order valence-electron chi connectivity index (χ0n) is 12.3. The summed E-state index contributed by atoms with van der Waals surface area (Å²) in [5.41, 5.74) is 9.07. The number of benzene rings is 2. The zero-order valence-corrected chi connectivity index (χ0v) is 13.1. The fraction of sp³-hybridized carbons (Fsp3) is 0.250. The highest BCUT2D eigenvalue weighted by Crippen LogP contribution is 2.17. The van der Waals surface area contributed by atoms with Gasteiger partial charge in [0.05, 0.1) is 5.75 Å². The Morgan fingerprint density at radius 1 is 1.05 bits per heavy atom. The summed E-state index contributed by atoms with van der Waals surface area (Å²) in [7, 11) is -1.80. The molecule has 0 aliphatic rings. The number of nitrogens with two attached hydrogens (primary N) is 1. The van der Waals surface area contributed by atoms with Crippen LogP contribution in [0.25, 0.3) is 0 Å². The minimum absolute atomic E-state index is 0.0813. The summed E-state index contributed by atoms with van der Waals surface area (Å²) in [5, 5.41) is 0. The van der Waals surface area contributed by atoms with Crippen molar-refractivity contribution in [2.75, 3.05) is 12.8 Å². The van der Waals surface area contributed by atoms with E-state index in [1.54, 1.807) is 31.3 Å². The Morgan fingerprint density at radius 2 is 1.67 bits per heavy atom. The lowest BCUT2D eigenvalue weighted by atomic mass is 10.1. The maximum atomic E-state index is 12.4. The number of aryl methyl sites for hydroxylation is 1. The van der Waals surface area contributed by atoms with Crippen molar-refractivity contribution < 1.29 is 8.42 Å². The molecule has 5 heteroatoms. The van der Waals surface area contributed by atoms with Crippen molar-refractivity contribution in [3.8, 4) is 0 Å². The van der Waals surface area contributed by atoms with E-state index in [4.69, 9.17) is 5.73 Å². The molecule has 0 amide bonds. The van der Waals surface area contributed by atoms with Crippen LogP contribution in [-0.2, 0) is 22.3 Å². The Kier molecular flexibility index (Phi) is 4.65. The molecule has 4 nitrogen and oxygen atoms in total. The lowest BCUT2D eigenvalue weighted by molar-refractivity contribution is 0.466. The van der Waals surface area contributed by atoms with Crippen molar-refractivity contribution >= 4 is 15.7 Å². The van der Waals surface area contributed by atoms with Gasteiger partial charge in [-0.15, -0.1) is 0 Å². The molecule has 21 heavy (non-hydrogen) atoms. The van der Waals surface area contributed by atoms with E-state index in [9.17, 15) is 8.42 Å². The summed E-state index contributed by atoms with van der Waals surface area (Å²) in [6, 6.07) is 14.9. The van der Waals surface area contributed by atoms with Crippen LogP contribution in [-0.4, -0.2) is 19.8 Å². The molecule has 0 aromatic heterocycles. The molecule has 0 saturated heterocycles. The maximum absolute atomic E-state index is 12.4. The van der Waals surface area contributed by atoms with Crippen molar-refractivity contribution in [3.05, 3.63) is 65.2 Å². The fourth-order valence-electron chi connectivity index (χ4n) is 2.02. The third kappa shape index (κ3) is 4.06. The number of nitrogens with zero attached hydrogens (tertiary/aromatic N) is 1. The van der Waals surface area contributed by atoms with Gasteiger partial charge in [-0.1, -0.05) is 48.0 Å². The molecule has 2 aromatic carbocycles. The van der Waals surface area contributed by atoms with E-state index in [2.05, 4.69) is 0 Å². The quantitative estimate of drug-likeness (QED) is 0.863. The summed E-state index contributed by atoms with van der Waals surface area (Å²) >= 11 is 0. The van der Waals surface area contributed by atoms with Gasteiger partial charge < -0.3 is 5.73 Å². The Hall–Kier alpha value is -1.85. The van der Waals surface area contributed by atoms with E-state index in [1.807, 2.05) is 31.2 Å². The van der Waals surface area contributed by atoms with Gasteiger partial charge in [-0.05, 0) is 24.1 Å². The van der Waals surface area contributed by atoms with E-state index in [0.717, 1.165) is 11.1 Å². The van der Waals surface area contributed by atoms with Gasteiger partial charge in [0.15, 0.2) is 0 Å². The molecular formula is C16H20N2O2S. The first-order chi connectivity index (χ1) is 9.88. The van der Waals surface area contributed by atoms with Crippen LogP contribution in [0.4, 0.5) is 5.69 Å². The number of anilines is 1. The minimum atomic E-state index is -3.39. The number of nitrogen functional groups attached to an aromatic ring is 1. The molecule has 0 atom stereocenters. The predicted molar refractivity (Wildman–Crippen MR) is 86.1 cm³/mol. The lowest BCUT2D eigenvalue weighted by Gasteiger charge is -2.18. The number of hydrogen-bond acceptors (Lipinski definition) is 3. The maximum Gasteiger partial charge on any atom is 0.218 e.